The van der Waals surface area contributed by atoms with Crippen LogP contribution in [0.15, 0.2) is 24.3 Å². The Morgan fingerprint density at radius 1 is 0.750 bits per heavy atom. The van der Waals surface area contributed by atoms with Gasteiger partial charge in [0.05, 0.1) is 12.2 Å². The molecular weight excluding hydrogens is 279 g/mol. The van der Waals surface area contributed by atoms with Crippen molar-refractivity contribution in [1.82, 2.24) is 0 Å². The summed E-state index contributed by atoms with van der Waals surface area (Å²) in [6, 6.07) is 5.22. The molecule has 2 aromatic carbocycles. The van der Waals surface area contributed by atoms with Gasteiger partial charge in [0.1, 0.15) is 5.75 Å². The van der Waals surface area contributed by atoms with Crippen LogP contribution in [0.4, 0.5) is 22.0 Å². The van der Waals surface area contributed by atoms with Crippen LogP contribution < -0.4 is 4.74 Å². The highest BCUT2D eigenvalue weighted by atomic mass is 19.2. The molecule has 0 aromatic heterocycles. The summed E-state index contributed by atoms with van der Waals surface area (Å²) in [5, 5.41) is 0. The largest absolute Gasteiger partial charge is 0.494 e. The normalized spacial score (nSPS) is 10.7. The second kappa shape index (κ2) is 5.48. The maximum absolute atomic E-state index is 13.6. The van der Waals surface area contributed by atoms with Crippen molar-refractivity contribution in [3.05, 3.63) is 53.4 Å². The first-order valence-electron chi connectivity index (χ1n) is 5.72. The Morgan fingerprint density at radius 2 is 1.20 bits per heavy atom. The molecule has 0 spiro atoms. The van der Waals surface area contributed by atoms with Gasteiger partial charge in [-0.25, -0.2) is 22.0 Å². The van der Waals surface area contributed by atoms with Crippen molar-refractivity contribution >= 4 is 0 Å². The zero-order chi connectivity index (χ0) is 14.9. The van der Waals surface area contributed by atoms with E-state index >= 15 is 0 Å². The van der Waals surface area contributed by atoms with E-state index in [1.165, 1.54) is 24.3 Å². The molecule has 2 rings (SSSR count). The Morgan fingerprint density at radius 3 is 1.65 bits per heavy atom. The zero-order valence-electron chi connectivity index (χ0n) is 10.3. The summed E-state index contributed by atoms with van der Waals surface area (Å²) in [5.41, 5.74) is -1.08. The van der Waals surface area contributed by atoms with Crippen LogP contribution in [0.5, 0.6) is 5.75 Å². The van der Waals surface area contributed by atoms with Gasteiger partial charge in [-0.05, 0) is 24.6 Å². The number of hydrogen-bond donors (Lipinski definition) is 0. The van der Waals surface area contributed by atoms with E-state index < -0.39 is 34.6 Å². The minimum absolute atomic E-state index is 0.124. The number of ether oxygens (including phenoxy) is 1. The van der Waals surface area contributed by atoms with Crippen LogP contribution in [0.3, 0.4) is 0 Å². The topological polar surface area (TPSA) is 9.23 Å². The second-order valence-corrected chi connectivity index (χ2v) is 3.90. The van der Waals surface area contributed by atoms with Crippen molar-refractivity contribution in [2.75, 3.05) is 6.61 Å². The molecular formula is C14H9F5O. The fourth-order valence-electron chi connectivity index (χ4n) is 1.74. The van der Waals surface area contributed by atoms with Gasteiger partial charge in [-0.1, -0.05) is 12.1 Å². The third-order valence-corrected chi connectivity index (χ3v) is 2.66. The van der Waals surface area contributed by atoms with Crippen molar-refractivity contribution in [3.8, 4) is 16.9 Å². The molecule has 0 heterocycles. The molecule has 0 amide bonds. The first kappa shape index (κ1) is 14.3. The molecule has 0 saturated carbocycles. The van der Waals surface area contributed by atoms with Crippen LogP contribution in [-0.2, 0) is 0 Å². The highest BCUT2D eigenvalue weighted by Gasteiger charge is 2.26. The molecule has 0 aliphatic carbocycles. The van der Waals surface area contributed by atoms with Crippen LogP contribution in [0.25, 0.3) is 11.1 Å². The van der Waals surface area contributed by atoms with Crippen LogP contribution in [0, 0.1) is 29.1 Å². The summed E-state index contributed by atoms with van der Waals surface area (Å²) in [6.45, 7) is 2.14. The predicted octanol–water partition coefficient (Wildman–Crippen LogP) is 4.45. The molecule has 0 radical (unpaired) electrons. The Kier molecular flexibility index (Phi) is 3.92. The lowest BCUT2D eigenvalue weighted by molar-refractivity contribution is 0.340. The molecule has 0 atom stereocenters. The summed E-state index contributed by atoms with van der Waals surface area (Å²) in [4.78, 5) is 0. The number of halogens is 5. The van der Waals surface area contributed by atoms with E-state index in [1.54, 1.807) is 6.92 Å². The van der Waals surface area contributed by atoms with Gasteiger partial charge < -0.3 is 4.74 Å². The highest BCUT2D eigenvalue weighted by molar-refractivity contribution is 5.66. The summed E-state index contributed by atoms with van der Waals surface area (Å²) < 4.78 is 71.4. The van der Waals surface area contributed by atoms with Gasteiger partial charge in [-0.15, -0.1) is 0 Å². The maximum Gasteiger partial charge on any atom is 0.200 e. The molecule has 0 aliphatic rings. The van der Waals surface area contributed by atoms with Gasteiger partial charge in [-0.3, -0.25) is 0 Å². The molecule has 1 nitrogen and oxygen atoms in total. The van der Waals surface area contributed by atoms with Crippen molar-refractivity contribution < 1.29 is 26.7 Å². The van der Waals surface area contributed by atoms with E-state index in [9.17, 15) is 22.0 Å². The van der Waals surface area contributed by atoms with Crippen LogP contribution in [0.1, 0.15) is 6.92 Å². The van der Waals surface area contributed by atoms with E-state index in [2.05, 4.69) is 0 Å². The van der Waals surface area contributed by atoms with E-state index in [0.717, 1.165) is 0 Å². The molecule has 0 unspecified atom stereocenters. The fourth-order valence-corrected chi connectivity index (χ4v) is 1.74. The van der Waals surface area contributed by atoms with Crippen LogP contribution in [0.2, 0.25) is 0 Å². The lowest BCUT2D eigenvalue weighted by Gasteiger charge is -2.09. The summed E-state index contributed by atoms with van der Waals surface area (Å²) in [5.74, 6) is -9.38. The Labute approximate surface area is 111 Å². The van der Waals surface area contributed by atoms with Crippen LogP contribution in [-0.4, -0.2) is 6.61 Å². The maximum atomic E-state index is 13.6. The molecule has 0 saturated heterocycles. The first-order chi connectivity index (χ1) is 9.47. The average Bonchev–Trinajstić information content (AvgIpc) is 2.45. The smallest absolute Gasteiger partial charge is 0.200 e. The molecule has 0 bridgehead atoms. The fraction of sp³-hybridized carbons (Fsp3) is 0.143. The van der Waals surface area contributed by atoms with Gasteiger partial charge in [0, 0.05) is 0 Å². The lowest BCUT2D eigenvalue weighted by Crippen LogP contribution is -2.04. The lowest BCUT2D eigenvalue weighted by atomic mass is 10.0. The monoisotopic (exact) mass is 288 g/mol. The van der Waals surface area contributed by atoms with Crippen molar-refractivity contribution in [2.24, 2.45) is 0 Å². The molecule has 106 valence electrons. The summed E-state index contributed by atoms with van der Waals surface area (Å²) in [6.07, 6.45) is 0. The standard InChI is InChI=1S/C14H9F5O/c1-2-20-8-5-3-7(4-6-8)9-10(15)12(17)14(19)13(18)11(9)16/h3-6H,2H2,1H3. The third kappa shape index (κ3) is 2.33. The molecule has 2 aromatic rings. The van der Waals surface area contributed by atoms with Gasteiger partial charge in [0.15, 0.2) is 23.3 Å². The second-order valence-electron chi connectivity index (χ2n) is 3.90. The predicted molar refractivity (Wildman–Crippen MR) is 62.8 cm³/mol. The Bertz CT molecular complexity index is 608. The van der Waals surface area contributed by atoms with Gasteiger partial charge in [0.2, 0.25) is 5.82 Å². The minimum Gasteiger partial charge on any atom is -0.494 e. The van der Waals surface area contributed by atoms with E-state index in [0.29, 0.717) is 12.4 Å². The molecule has 0 fully saturated rings. The van der Waals surface area contributed by atoms with Crippen molar-refractivity contribution in [3.63, 3.8) is 0 Å². The van der Waals surface area contributed by atoms with E-state index in [-0.39, 0.29) is 5.56 Å². The zero-order valence-corrected chi connectivity index (χ0v) is 10.3. The quantitative estimate of drug-likeness (QED) is 0.460. The first-order valence-corrected chi connectivity index (χ1v) is 5.72. The Balaban J connectivity index is 2.58. The van der Waals surface area contributed by atoms with Crippen molar-refractivity contribution in [1.29, 1.82) is 0 Å². The van der Waals surface area contributed by atoms with Crippen molar-refractivity contribution in [2.45, 2.75) is 6.92 Å². The van der Waals surface area contributed by atoms with Gasteiger partial charge in [-0.2, -0.15) is 0 Å². The van der Waals surface area contributed by atoms with Gasteiger partial charge >= 0.3 is 0 Å². The molecule has 6 heteroatoms. The number of rotatable bonds is 3. The number of hydrogen-bond acceptors (Lipinski definition) is 1. The minimum atomic E-state index is -2.17. The summed E-state index contributed by atoms with van der Waals surface area (Å²) >= 11 is 0. The SMILES string of the molecule is CCOc1ccc(-c2c(F)c(F)c(F)c(F)c2F)cc1. The van der Waals surface area contributed by atoms with E-state index in [4.69, 9.17) is 4.74 Å². The number of benzene rings is 2. The molecule has 0 N–H and O–H groups in total. The Hall–Kier alpha value is -2.11. The molecule has 0 aliphatic heterocycles. The highest BCUT2D eigenvalue weighted by Crippen LogP contribution is 2.32. The summed E-state index contributed by atoms with van der Waals surface area (Å²) in [7, 11) is 0. The van der Waals surface area contributed by atoms with Crippen LogP contribution >= 0.6 is 0 Å². The van der Waals surface area contributed by atoms with E-state index in [1.807, 2.05) is 0 Å². The molecule has 20 heavy (non-hydrogen) atoms. The third-order valence-electron chi connectivity index (χ3n) is 2.66. The average molecular weight is 288 g/mol. The van der Waals surface area contributed by atoms with Gasteiger partial charge in [0.25, 0.3) is 0 Å².